The number of benzene rings is 1. The number of carboxylic acid groups (broad SMARTS) is 1. The number of halogens is 1. The Kier molecular flexibility index (Phi) is 4.50. The number of nitrogens with zero attached hydrogens (tertiary/aromatic N) is 1. The third-order valence-electron chi connectivity index (χ3n) is 3.37. The first-order chi connectivity index (χ1) is 9.10. The van der Waals surface area contributed by atoms with E-state index in [1.54, 1.807) is 6.07 Å². The Morgan fingerprint density at radius 1 is 1.58 bits per heavy atom. The van der Waals surface area contributed by atoms with Crippen LogP contribution in [0.3, 0.4) is 0 Å². The van der Waals surface area contributed by atoms with Crippen LogP contribution >= 0.6 is 0 Å². The van der Waals surface area contributed by atoms with E-state index in [0.29, 0.717) is 18.7 Å². The summed E-state index contributed by atoms with van der Waals surface area (Å²) in [5.74, 6) is -1.57. The van der Waals surface area contributed by atoms with Crippen LogP contribution in [0.1, 0.15) is 29.3 Å². The number of rotatable bonds is 4. The van der Waals surface area contributed by atoms with Crippen molar-refractivity contribution in [2.45, 2.75) is 26.0 Å². The normalized spacial score (nSPS) is 20.4. The SMILES string of the molecule is CCC1CN(Cc2ccc(C(=O)O)cc2F)CCO1. The molecule has 5 heteroatoms. The number of aromatic carboxylic acids is 1. The number of morpholine rings is 1. The summed E-state index contributed by atoms with van der Waals surface area (Å²) >= 11 is 0. The first-order valence-electron chi connectivity index (χ1n) is 6.45. The topological polar surface area (TPSA) is 49.8 Å². The fraction of sp³-hybridized carbons (Fsp3) is 0.500. The Labute approximate surface area is 111 Å². The maximum atomic E-state index is 13.8. The van der Waals surface area contributed by atoms with E-state index in [9.17, 15) is 9.18 Å². The van der Waals surface area contributed by atoms with Crippen LogP contribution < -0.4 is 0 Å². The van der Waals surface area contributed by atoms with E-state index in [1.165, 1.54) is 6.07 Å². The molecule has 1 aliphatic rings. The molecule has 0 amide bonds. The van der Waals surface area contributed by atoms with Crippen molar-refractivity contribution in [3.8, 4) is 0 Å². The Bertz CT molecular complexity index is 464. The lowest BCUT2D eigenvalue weighted by Gasteiger charge is -2.32. The molecule has 1 unspecified atom stereocenters. The average Bonchev–Trinajstić information content (AvgIpc) is 2.41. The molecule has 0 spiro atoms. The molecule has 0 radical (unpaired) electrons. The van der Waals surface area contributed by atoms with Gasteiger partial charge in [-0.25, -0.2) is 9.18 Å². The maximum absolute atomic E-state index is 13.8. The van der Waals surface area contributed by atoms with Crippen molar-refractivity contribution in [3.63, 3.8) is 0 Å². The van der Waals surface area contributed by atoms with Crippen LogP contribution in [0, 0.1) is 5.82 Å². The zero-order chi connectivity index (χ0) is 13.8. The van der Waals surface area contributed by atoms with Gasteiger partial charge in [0.1, 0.15) is 5.82 Å². The minimum absolute atomic E-state index is 0.0188. The van der Waals surface area contributed by atoms with Crippen LogP contribution in [-0.4, -0.2) is 41.8 Å². The van der Waals surface area contributed by atoms with Gasteiger partial charge in [0.25, 0.3) is 0 Å². The molecular formula is C14H18FNO3. The molecule has 1 fully saturated rings. The molecule has 1 saturated heterocycles. The van der Waals surface area contributed by atoms with Crippen molar-refractivity contribution in [2.75, 3.05) is 19.7 Å². The van der Waals surface area contributed by atoms with Gasteiger partial charge in [0.15, 0.2) is 0 Å². The Balaban J connectivity index is 2.04. The summed E-state index contributed by atoms with van der Waals surface area (Å²) in [7, 11) is 0. The number of ether oxygens (including phenoxy) is 1. The van der Waals surface area contributed by atoms with Crippen LogP contribution in [0.25, 0.3) is 0 Å². The third-order valence-corrected chi connectivity index (χ3v) is 3.37. The van der Waals surface area contributed by atoms with E-state index in [0.717, 1.165) is 25.6 Å². The van der Waals surface area contributed by atoms with Crippen LogP contribution in [0.2, 0.25) is 0 Å². The number of hydrogen-bond acceptors (Lipinski definition) is 3. The molecule has 1 aliphatic heterocycles. The summed E-state index contributed by atoms with van der Waals surface area (Å²) in [6.07, 6.45) is 1.15. The number of hydrogen-bond donors (Lipinski definition) is 1. The molecule has 0 aliphatic carbocycles. The fourth-order valence-electron chi connectivity index (χ4n) is 2.22. The molecule has 0 bridgehead atoms. The zero-order valence-electron chi connectivity index (χ0n) is 10.9. The summed E-state index contributed by atoms with van der Waals surface area (Å²) in [6, 6.07) is 4.07. The largest absolute Gasteiger partial charge is 0.478 e. The van der Waals surface area contributed by atoms with Crippen molar-refractivity contribution in [1.82, 2.24) is 4.90 Å². The molecule has 104 valence electrons. The van der Waals surface area contributed by atoms with Gasteiger partial charge in [-0.3, -0.25) is 4.90 Å². The summed E-state index contributed by atoms with van der Waals surface area (Å²) < 4.78 is 19.4. The van der Waals surface area contributed by atoms with Gasteiger partial charge >= 0.3 is 5.97 Å². The van der Waals surface area contributed by atoms with Gasteiger partial charge in [-0.2, -0.15) is 0 Å². The van der Waals surface area contributed by atoms with Crippen LogP contribution in [0.4, 0.5) is 4.39 Å². The lowest BCUT2D eigenvalue weighted by Crippen LogP contribution is -2.41. The van der Waals surface area contributed by atoms with Crippen molar-refractivity contribution >= 4 is 5.97 Å². The Hall–Kier alpha value is -1.46. The van der Waals surface area contributed by atoms with Gasteiger partial charge in [0.2, 0.25) is 0 Å². The minimum atomic E-state index is -1.11. The second kappa shape index (κ2) is 6.12. The first kappa shape index (κ1) is 14.0. The minimum Gasteiger partial charge on any atom is -0.478 e. The van der Waals surface area contributed by atoms with E-state index >= 15 is 0 Å². The average molecular weight is 267 g/mol. The number of carboxylic acids is 1. The van der Waals surface area contributed by atoms with Crippen molar-refractivity contribution in [2.24, 2.45) is 0 Å². The molecule has 19 heavy (non-hydrogen) atoms. The van der Waals surface area contributed by atoms with E-state index in [4.69, 9.17) is 9.84 Å². The lowest BCUT2D eigenvalue weighted by atomic mass is 10.1. The molecule has 1 aromatic carbocycles. The van der Waals surface area contributed by atoms with E-state index in [2.05, 4.69) is 11.8 Å². The highest BCUT2D eigenvalue weighted by molar-refractivity contribution is 5.87. The molecule has 1 atom stereocenters. The van der Waals surface area contributed by atoms with E-state index in [-0.39, 0.29) is 11.7 Å². The molecule has 1 heterocycles. The monoisotopic (exact) mass is 267 g/mol. The van der Waals surface area contributed by atoms with Crippen LogP contribution in [0.15, 0.2) is 18.2 Å². The maximum Gasteiger partial charge on any atom is 0.335 e. The lowest BCUT2D eigenvalue weighted by molar-refractivity contribution is -0.0327. The predicted octanol–water partition coefficient (Wildman–Crippen LogP) is 2.13. The standard InChI is InChI=1S/C14H18FNO3/c1-2-12-9-16(5-6-19-12)8-11-4-3-10(14(17)18)7-13(11)15/h3-4,7,12H,2,5-6,8-9H2,1H3,(H,17,18). The molecule has 1 aromatic rings. The third kappa shape index (κ3) is 3.52. The highest BCUT2D eigenvalue weighted by Crippen LogP contribution is 2.16. The van der Waals surface area contributed by atoms with Gasteiger partial charge in [0, 0.05) is 25.2 Å². The molecule has 0 saturated carbocycles. The van der Waals surface area contributed by atoms with Crippen molar-refractivity contribution in [3.05, 3.63) is 35.1 Å². The van der Waals surface area contributed by atoms with E-state index < -0.39 is 11.8 Å². The summed E-state index contributed by atoms with van der Waals surface area (Å²) in [5.41, 5.74) is 0.511. The van der Waals surface area contributed by atoms with Crippen molar-refractivity contribution in [1.29, 1.82) is 0 Å². The van der Waals surface area contributed by atoms with Gasteiger partial charge in [0.05, 0.1) is 18.3 Å². The quantitative estimate of drug-likeness (QED) is 0.908. The highest BCUT2D eigenvalue weighted by Gasteiger charge is 2.20. The van der Waals surface area contributed by atoms with Gasteiger partial charge in [-0.1, -0.05) is 13.0 Å². The predicted molar refractivity (Wildman–Crippen MR) is 68.7 cm³/mol. The Morgan fingerprint density at radius 3 is 3.00 bits per heavy atom. The van der Waals surface area contributed by atoms with Crippen LogP contribution in [-0.2, 0) is 11.3 Å². The smallest absolute Gasteiger partial charge is 0.335 e. The number of carbonyl (C=O) groups is 1. The van der Waals surface area contributed by atoms with Gasteiger partial charge in [-0.15, -0.1) is 0 Å². The van der Waals surface area contributed by atoms with Gasteiger partial charge < -0.3 is 9.84 Å². The van der Waals surface area contributed by atoms with E-state index in [1.807, 2.05) is 0 Å². The molecular weight excluding hydrogens is 249 g/mol. The van der Waals surface area contributed by atoms with Crippen molar-refractivity contribution < 1.29 is 19.0 Å². The summed E-state index contributed by atoms with van der Waals surface area (Å²) in [6.45, 7) is 4.78. The highest BCUT2D eigenvalue weighted by atomic mass is 19.1. The van der Waals surface area contributed by atoms with Crippen LogP contribution in [0.5, 0.6) is 0 Å². The fourth-order valence-corrected chi connectivity index (χ4v) is 2.22. The molecule has 1 N–H and O–H groups in total. The molecule has 0 aromatic heterocycles. The first-order valence-corrected chi connectivity index (χ1v) is 6.45. The molecule has 4 nitrogen and oxygen atoms in total. The summed E-state index contributed by atoms with van der Waals surface area (Å²) in [4.78, 5) is 12.9. The Morgan fingerprint density at radius 2 is 2.37 bits per heavy atom. The van der Waals surface area contributed by atoms with Gasteiger partial charge in [-0.05, 0) is 18.6 Å². The molecule has 2 rings (SSSR count). The summed E-state index contributed by atoms with van der Waals surface area (Å²) in [5, 5.41) is 8.79. The second-order valence-electron chi connectivity index (χ2n) is 4.75. The zero-order valence-corrected chi connectivity index (χ0v) is 10.9. The second-order valence-corrected chi connectivity index (χ2v) is 4.75.